The Balaban J connectivity index is 1.35. The molecule has 0 aliphatic carbocycles. The zero-order valence-corrected chi connectivity index (χ0v) is 24.9. The van der Waals surface area contributed by atoms with Gasteiger partial charge in [0.05, 0.1) is 19.3 Å². The van der Waals surface area contributed by atoms with Crippen molar-refractivity contribution in [3.8, 4) is 5.75 Å². The molecule has 216 valence electrons. The monoisotopic (exact) mass is 596 g/mol. The van der Waals surface area contributed by atoms with Crippen LogP contribution in [0.3, 0.4) is 0 Å². The van der Waals surface area contributed by atoms with Crippen molar-refractivity contribution in [1.82, 2.24) is 9.88 Å². The lowest BCUT2D eigenvalue weighted by atomic mass is 9.93. The van der Waals surface area contributed by atoms with Crippen LogP contribution in [0.4, 0.5) is 4.79 Å². The number of hydrogen-bond donors (Lipinski definition) is 1. The number of allylic oxidation sites excluding steroid dienone is 2. The van der Waals surface area contributed by atoms with Crippen molar-refractivity contribution in [2.24, 2.45) is 0 Å². The van der Waals surface area contributed by atoms with E-state index in [9.17, 15) is 4.79 Å². The minimum absolute atomic E-state index is 0.00145. The first-order valence-electron chi connectivity index (χ1n) is 13.7. The molecule has 0 unspecified atom stereocenters. The van der Waals surface area contributed by atoms with Crippen LogP contribution in [0.2, 0.25) is 10.0 Å². The average molecular weight is 598 g/mol. The van der Waals surface area contributed by atoms with Gasteiger partial charge in [-0.25, -0.2) is 4.79 Å². The molecule has 0 saturated carbocycles. The third-order valence-corrected chi connectivity index (χ3v) is 7.70. The van der Waals surface area contributed by atoms with Crippen LogP contribution in [0, 0.1) is 0 Å². The van der Waals surface area contributed by atoms with E-state index in [4.69, 9.17) is 42.1 Å². The second-order valence-corrected chi connectivity index (χ2v) is 11.4. The predicted molar refractivity (Wildman–Crippen MR) is 161 cm³/mol. The zero-order valence-electron chi connectivity index (χ0n) is 23.4. The standard InChI is InChI=1S/C32H34Cl2N2O5/c1-5-23(38-17-15-25-19-39-32(3,4)41-25)10-6-20(2)30-29-26(27-18-22(34)9-13-28(27)35-29)14-16-36(30)31(37)40-24-11-7-21(33)8-12-24/h5-13,18,25,30,35H,2,14-17,19H2,1,3-4H3/b10-6-,23-5+/t25-,30-/m0/s1. The van der Waals surface area contributed by atoms with Crippen LogP contribution in [0.15, 0.2) is 78.6 Å². The third-order valence-electron chi connectivity index (χ3n) is 7.22. The maximum absolute atomic E-state index is 13.5. The minimum Gasteiger partial charge on any atom is -0.494 e. The Morgan fingerprint density at radius 2 is 1.93 bits per heavy atom. The number of fused-ring (bicyclic) bond motifs is 3. The number of nitrogens with one attached hydrogen (secondary N) is 1. The van der Waals surface area contributed by atoms with Gasteiger partial charge in [-0.1, -0.05) is 35.9 Å². The predicted octanol–water partition coefficient (Wildman–Crippen LogP) is 8.15. The topological polar surface area (TPSA) is 73.0 Å². The number of hydrogen-bond acceptors (Lipinski definition) is 5. The number of carbonyl (C=O) groups excluding carboxylic acids is 1. The Morgan fingerprint density at radius 1 is 1.17 bits per heavy atom. The van der Waals surface area contributed by atoms with Crippen molar-refractivity contribution >= 4 is 40.2 Å². The first kappa shape index (κ1) is 29.3. The summed E-state index contributed by atoms with van der Waals surface area (Å²) >= 11 is 12.3. The van der Waals surface area contributed by atoms with E-state index in [2.05, 4.69) is 11.6 Å². The molecule has 1 N–H and O–H groups in total. The smallest absolute Gasteiger partial charge is 0.416 e. The number of H-pyrrole nitrogens is 1. The minimum atomic E-state index is -0.556. The van der Waals surface area contributed by atoms with Crippen molar-refractivity contribution < 1.29 is 23.7 Å². The van der Waals surface area contributed by atoms with Crippen LogP contribution in [0.1, 0.15) is 44.5 Å². The summed E-state index contributed by atoms with van der Waals surface area (Å²) < 4.78 is 23.2. The summed E-state index contributed by atoms with van der Waals surface area (Å²) in [5.41, 5.74) is 3.66. The highest BCUT2D eigenvalue weighted by Gasteiger charge is 2.36. The number of halogens is 2. The van der Waals surface area contributed by atoms with E-state index < -0.39 is 17.9 Å². The second kappa shape index (κ2) is 12.3. The first-order chi connectivity index (χ1) is 19.6. The van der Waals surface area contributed by atoms with Gasteiger partial charge in [0, 0.05) is 39.6 Å². The number of aromatic nitrogens is 1. The largest absolute Gasteiger partial charge is 0.494 e. The van der Waals surface area contributed by atoms with Crippen LogP contribution in [0.25, 0.3) is 10.9 Å². The highest BCUT2D eigenvalue weighted by atomic mass is 35.5. The first-order valence-corrected chi connectivity index (χ1v) is 14.4. The zero-order chi connectivity index (χ0) is 29.1. The van der Waals surface area contributed by atoms with E-state index in [0.717, 1.165) is 22.2 Å². The molecule has 7 nitrogen and oxygen atoms in total. The van der Waals surface area contributed by atoms with Gasteiger partial charge in [0.15, 0.2) is 5.79 Å². The lowest BCUT2D eigenvalue weighted by Crippen LogP contribution is -2.42. The van der Waals surface area contributed by atoms with Crippen molar-refractivity contribution in [2.75, 3.05) is 19.8 Å². The van der Waals surface area contributed by atoms with Crippen LogP contribution >= 0.6 is 23.2 Å². The number of aromatic amines is 1. The molecule has 2 aromatic carbocycles. The Kier molecular flexibility index (Phi) is 8.80. The molecule has 0 bridgehead atoms. The van der Waals surface area contributed by atoms with Gasteiger partial charge in [-0.05, 0) is 92.9 Å². The number of rotatable bonds is 8. The van der Waals surface area contributed by atoms with E-state index in [0.29, 0.717) is 59.7 Å². The van der Waals surface area contributed by atoms with Gasteiger partial charge >= 0.3 is 6.09 Å². The van der Waals surface area contributed by atoms with Gasteiger partial charge in [-0.2, -0.15) is 0 Å². The van der Waals surface area contributed by atoms with Crippen molar-refractivity contribution in [1.29, 1.82) is 0 Å². The maximum Gasteiger partial charge on any atom is 0.416 e. The number of ether oxygens (including phenoxy) is 4. The molecule has 3 aromatic rings. The molecule has 2 aliphatic rings. The molecule has 41 heavy (non-hydrogen) atoms. The van der Waals surface area contributed by atoms with Crippen molar-refractivity contribution in [3.63, 3.8) is 0 Å². The molecule has 1 aromatic heterocycles. The van der Waals surface area contributed by atoms with Crippen LogP contribution in [-0.4, -0.2) is 47.6 Å². The molecular weight excluding hydrogens is 563 g/mol. The normalized spacial score (nSPS) is 20.4. The van der Waals surface area contributed by atoms with E-state index in [1.165, 1.54) is 0 Å². The molecule has 5 rings (SSSR count). The highest BCUT2D eigenvalue weighted by Crippen LogP contribution is 2.39. The van der Waals surface area contributed by atoms with E-state index >= 15 is 0 Å². The van der Waals surface area contributed by atoms with Crippen LogP contribution < -0.4 is 4.74 Å². The fourth-order valence-electron chi connectivity index (χ4n) is 5.23. The third kappa shape index (κ3) is 6.81. The number of carbonyl (C=O) groups is 1. The van der Waals surface area contributed by atoms with Gasteiger partial charge in [0.25, 0.3) is 0 Å². The van der Waals surface area contributed by atoms with Gasteiger partial charge in [-0.3, -0.25) is 4.90 Å². The van der Waals surface area contributed by atoms with E-state index in [1.807, 2.05) is 57.2 Å². The number of amides is 1. The summed E-state index contributed by atoms with van der Waals surface area (Å²) in [5, 5.41) is 2.27. The van der Waals surface area contributed by atoms with Crippen molar-refractivity contribution in [2.45, 2.75) is 51.5 Å². The number of nitrogens with zero attached hydrogens (tertiary/aromatic N) is 1. The SMILES string of the molecule is C=C(/C=C\C(=C/C)OCC[C@H]1COC(C)(C)O1)[C@H]1c2[nH]c3ccc(Cl)cc3c2CCN1C(=O)Oc1ccc(Cl)cc1. The van der Waals surface area contributed by atoms with Crippen LogP contribution in [-0.2, 0) is 20.6 Å². The molecule has 9 heteroatoms. The summed E-state index contributed by atoms with van der Waals surface area (Å²) in [4.78, 5) is 18.7. The maximum atomic E-state index is 13.5. The summed E-state index contributed by atoms with van der Waals surface area (Å²) in [5.74, 6) is 0.552. The summed E-state index contributed by atoms with van der Waals surface area (Å²) in [7, 11) is 0. The second-order valence-electron chi connectivity index (χ2n) is 10.6. The van der Waals surface area contributed by atoms with Gasteiger partial charge in [0.1, 0.15) is 17.6 Å². The summed E-state index contributed by atoms with van der Waals surface area (Å²) in [6, 6.07) is 12.0. The Labute approximate surface area is 250 Å². The molecule has 0 spiro atoms. The molecule has 1 saturated heterocycles. The van der Waals surface area contributed by atoms with E-state index in [-0.39, 0.29) is 6.10 Å². The van der Waals surface area contributed by atoms with Gasteiger partial charge < -0.3 is 23.9 Å². The lowest BCUT2D eigenvalue weighted by molar-refractivity contribution is -0.139. The lowest BCUT2D eigenvalue weighted by Gasteiger charge is -2.35. The average Bonchev–Trinajstić information content (AvgIpc) is 3.49. The van der Waals surface area contributed by atoms with Gasteiger partial charge in [-0.15, -0.1) is 0 Å². The highest BCUT2D eigenvalue weighted by molar-refractivity contribution is 6.31. The van der Waals surface area contributed by atoms with Gasteiger partial charge in [0.2, 0.25) is 0 Å². The molecule has 1 fully saturated rings. The number of benzene rings is 2. The fourth-order valence-corrected chi connectivity index (χ4v) is 5.52. The summed E-state index contributed by atoms with van der Waals surface area (Å²) in [6.45, 7) is 11.6. The molecule has 2 aliphatic heterocycles. The quantitative estimate of drug-likeness (QED) is 0.210. The molecule has 3 heterocycles. The molecule has 1 amide bonds. The van der Waals surface area contributed by atoms with Crippen LogP contribution in [0.5, 0.6) is 5.75 Å². The summed E-state index contributed by atoms with van der Waals surface area (Å²) in [6.07, 6.45) is 6.53. The van der Waals surface area contributed by atoms with Crippen molar-refractivity contribution in [3.05, 3.63) is 99.9 Å². The molecule has 2 atom stereocenters. The fraction of sp³-hybridized carbons (Fsp3) is 0.344. The van der Waals surface area contributed by atoms with E-state index in [1.54, 1.807) is 29.2 Å². The Bertz CT molecular complexity index is 1490. The molecule has 0 radical (unpaired) electrons. The Morgan fingerprint density at radius 3 is 2.63 bits per heavy atom. The Hall–Kier alpha value is -3.23. The molecular formula is C32H34Cl2N2O5.